The van der Waals surface area contributed by atoms with E-state index in [-0.39, 0.29) is 0 Å². The Morgan fingerprint density at radius 3 is 1.94 bits per heavy atom. The average molecular weight is 265 g/mol. The molecule has 7 heteroatoms. The quantitative estimate of drug-likeness (QED) is 0.663. The molecule has 0 aliphatic carbocycles. The van der Waals surface area contributed by atoms with Crippen molar-refractivity contribution in [3.8, 4) is 5.75 Å². The molecule has 1 rings (SSSR count). The normalized spacial score (nSPS) is 10.5. The van der Waals surface area contributed by atoms with Gasteiger partial charge in [-0.2, -0.15) is 0 Å². The molecule has 5 nitrogen and oxygen atoms in total. The molecule has 0 bridgehead atoms. The summed E-state index contributed by atoms with van der Waals surface area (Å²) in [7, 11) is -1.83. The number of aromatic hydroxyl groups is 1. The zero-order valence-electron chi connectivity index (χ0n) is 9.25. The van der Waals surface area contributed by atoms with Crippen LogP contribution in [0.3, 0.4) is 0 Å². The molecule has 0 atom stereocenters. The van der Waals surface area contributed by atoms with Gasteiger partial charge < -0.3 is 19.0 Å². The highest BCUT2D eigenvalue weighted by molar-refractivity contribution is 7.98. The zero-order chi connectivity index (χ0) is 12.6. The van der Waals surface area contributed by atoms with Crippen LogP contribution in [0.15, 0.2) is 29.2 Å². The first-order chi connectivity index (χ1) is 7.45. The number of thioether (sulfide) groups is 1. The Hall–Kier alpha value is -0.520. The highest BCUT2D eigenvalue weighted by Gasteiger charge is 1.98. The average Bonchev–Trinajstić information content (AvgIpc) is 2.31. The van der Waals surface area contributed by atoms with Crippen molar-refractivity contribution in [1.82, 2.24) is 0 Å². The standard InChI is InChI=1S/C7H8OS.C2H7O4P/c1-9-7-4-2-6(8)3-5-7;1-5-7(3,4)6-2/h2-5,8H,1H3;1-2H3,(H,3,4)/p-1. The third-order valence-electron chi connectivity index (χ3n) is 1.52. The molecule has 92 valence electrons. The smallest absolute Gasteiger partial charge is 0.267 e. The lowest BCUT2D eigenvalue weighted by Gasteiger charge is -2.16. The van der Waals surface area contributed by atoms with E-state index in [1.807, 2.05) is 18.4 Å². The number of hydrogen-bond acceptors (Lipinski definition) is 6. The van der Waals surface area contributed by atoms with Gasteiger partial charge in [0.25, 0.3) is 7.82 Å². The fourth-order valence-corrected chi connectivity index (χ4v) is 1.21. The van der Waals surface area contributed by atoms with E-state index in [2.05, 4.69) is 9.05 Å². The minimum Gasteiger partial charge on any atom is -0.756 e. The molecule has 0 aliphatic rings. The highest BCUT2D eigenvalue weighted by Crippen LogP contribution is 2.34. The van der Waals surface area contributed by atoms with Crippen LogP contribution in [0.5, 0.6) is 5.75 Å². The van der Waals surface area contributed by atoms with Crippen LogP contribution in [0, 0.1) is 0 Å². The molecule has 16 heavy (non-hydrogen) atoms. The van der Waals surface area contributed by atoms with Gasteiger partial charge in [-0.15, -0.1) is 11.8 Å². The molecule has 0 unspecified atom stereocenters. The maximum Gasteiger partial charge on any atom is 0.267 e. The molecule has 0 saturated carbocycles. The van der Waals surface area contributed by atoms with Gasteiger partial charge in [-0.05, 0) is 30.5 Å². The maximum absolute atomic E-state index is 9.95. The molecule has 0 saturated heterocycles. The van der Waals surface area contributed by atoms with Gasteiger partial charge in [0.2, 0.25) is 0 Å². The second-order valence-corrected chi connectivity index (χ2v) is 5.01. The van der Waals surface area contributed by atoms with Crippen LogP contribution < -0.4 is 4.89 Å². The van der Waals surface area contributed by atoms with Crippen molar-refractivity contribution in [2.45, 2.75) is 4.90 Å². The van der Waals surface area contributed by atoms with Crippen molar-refractivity contribution in [2.24, 2.45) is 0 Å². The van der Waals surface area contributed by atoms with Crippen LogP contribution in [0.2, 0.25) is 0 Å². The maximum atomic E-state index is 9.95. The van der Waals surface area contributed by atoms with Crippen molar-refractivity contribution in [1.29, 1.82) is 0 Å². The van der Waals surface area contributed by atoms with Crippen molar-refractivity contribution < 1.29 is 23.6 Å². The number of phosphoric ester groups is 1. The van der Waals surface area contributed by atoms with Crippen LogP contribution in [-0.4, -0.2) is 25.6 Å². The number of hydrogen-bond donors (Lipinski definition) is 1. The molecule has 1 N–H and O–H groups in total. The van der Waals surface area contributed by atoms with Gasteiger partial charge in [0.05, 0.1) is 0 Å². The van der Waals surface area contributed by atoms with E-state index < -0.39 is 7.82 Å². The molecular formula is C9H14O5PS-. The molecule has 0 radical (unpaired) electrons. The third kappa shape index (κ3) is 6.87. The summed E-state index contributed by atoms with van der Waals surface area (Å²) >= 11 is 1.67. The predicted molar refractivity (Wildman–Crippen MR) is 61.5 cm³/mol. The lowest BCUT2D eigenvalue weighted by Crippen LogP contribution is -2.02. The second kappa shape index (κ2) is 7.70. The van der Waals surface area contributed by atoms with Gasteiger partial charge in [0.15, 0.2) is 0 Å². The van der Waals surface area contributed by atoms with Crippen LogP contribution in [-0.2, 0) is 13.6 Å². The minimum atomic E-state index is -3.90. The van der Waals surface area contributed by atoms with Crippen LogP contribution in [0.4, 0.5) is 0 Å². The van der Waals surface area contributed by atoms with Crippen molar-refractivity contribution in [2.75, 3.05) is 20.5 Å². The summed E-state index contributed by atoms with van der Waals surface area (Å²) in [6.07, 6.45) is 2.01. The van der Waals surface area contributed by atoms with Crippen molar-refractivity contribution >= 4 is 19.6 Å². The topological polar surface area (TPSA) is 78.8 Å². The van der Waals surface area contributed by atoms with Gasteiger partial charge in [0.1, 0.15) is 5.75 Å². The Balaban J connectivity index is 0.000000293. The Bertz CT molecular complexity index is 332. The molecule has 0 aliphatic heterocycles. The molecule has 0 amide bonds. The first-order valence-corrected chi connectivity index (χ1v) is 6.89. The van der Waals surface area contributed by atoms with E-state index in [0.29, 0.717) is 5.75 Å². The Morgan fingerprint density at radius 2 is 1.69 bits per heavy atom. The van der Waals surface area contributed by atoms with E-state index in [0.717, 1.165) is 14.2 Å². The van der Waals surface area contributed by atoms with E-state index >= 15 is 0 Å². The molecule has 1 aromatic rings. The number of phosphoric acid groups is 1. The van der Waals surface area contributed by atoms with E-state index in [1.165, 1.54) is 4.90 Å². The summed E-state index contributed by atoms with van der Waals surface area (Å²) in [6, 6.07) is 7.15. The van der Waals surface area contributed by atoms with Gasteiger partial charge in [-0.3, -0.25) is 4.57 Å². The van der Waals surface area contributed by atoms with Gasteiger partial charge in [-0.1, -0.05) is 0 Å². The highest BCUT2D eigenvalue weighted by atomic mass is 32.2. The van der Waals surface area contributed by atoms with Crippen molar-refractivity contribution in [3.63, 3.8) is 0 Å². The lowest BCUT2D eigenvalue weighted by atomic mass is 10.3. The number of phenols is 1. The molecule has 1 aromatic carbocycles. The van der Waals surface area contributed by atoms with E-state index in [4.69, 9.17) is 5.11 Å². The van der Waals surface area contributed by atoms with Crippen molar-refractivity contribution in [3.05, 3.63) is 24.3 Å². The fraction of sp³-hybridized carbons (Fsp3) is 0.333. The Morgan fingerprint density at radius 1 is 1.25 bits per heavy atom. The summed E-state index contributed by atoms with van der Waals surface area (Å²) in [5.41, 5.74) is 0. The predicted octanol–water partition coefficient (Wildman–Crippen LogP) is 1.86. The van der Waals surface area contributed by atoms with Gasteiger partial charge in [0, 0.05) is 19.1 Å². The Labute approximate surface area is 99.0 Å². The summed E-state index contributed by atoms with van der Waals surface area (Å²) in [6.45, 7) is 0. The minimum absolute atomic E-state index is 0.327. The summed E-state index contributed by atoms with van der Waals surface area (Å²) in [4.78, 5) is 11.1. The monoisotopic (exact) mass is 265 g/mol. The Kier molecular flexibility index (Phi) is 7.45. The zero-order valence-corrected chi connectivity index (χ0v) is 11.0. The summed E-state index contributed by atoms with van der Waals surface area (Å²) in [5.74, 6) is 0.327. The van der Waals surface area contributed by atoms with E-state index in [9.17, 15) is 9.46 Å². The molecule has 0 fully saturated rings. The molecular weight excluding hydrogens is 251 g/mol. The molecule has 0 heterocycles. The largest absolute Gasteiger partial charge is 0.756 e. The first kappa shape index (κ1) is 15.5. The number of rotatable bonds is 3. The SMILES string of the molecule is COP(=O)([O-])OC.CSc1ccc(O)cc1. The van der Waals surface area contributed by atoms with Gasteiger partial charge in [-0.25, -0.2) is 0 Å². The number of benzene rings is 1. The third-order valence-corrected chi connectivity index (χ3v) is 3.16. The fourth-order valence-electron chi connectivity index (χ4n) is 0.657. The summed E-state index contributed by atoms with van der Waals surface area (Å²) < 4.78 is 17.7. The number of phenolic OH excluding ortho intramolecular Hbond substituents is 1. The molecule has 0 aromatic heterocycles. The van der Waals surface area contributed by atoms with E-state index in [1.54, 1.807) is 23.9 Å². The van der Waals surface area contributed by atoms with Crippen LogP contribution in [0.25, 0.3) is 0 Å². The second-order valence-electron chi connectivity index (χ2n) is 2.51. The lowest BCUT2D eigenvalue weighted by molar-refractivity contribution is -0.220. The van der Waals surface area contributed by atoms with Crippen LogP contribution >= 0.6 is 19.6 Å². The van der Waals surface area contributed by atoms with Crippen LogP contribution in [0.1, 0.15) is 0 Å². The van der Waals surface area contributed by atoms with Gasteiger partial charge >= 0.3 is 0 Å². The molecule has 0 spiro atoms. The first-order valence-electron chi connectivity index (χ1n) is 4.20. The summed E-state index contributed by atoms with van der Waals surface area (Å²) in [5, 5.41) is 8.84.